The first-order valence-corrected chi connectivity index (χ1v) is 17.6. The van der Waals surface area contributed by atoms with Crippen molar-refractivity contribution in [1.29, 1.82) is 0 Å². The molecule has 1 saturated heterocycles. The minimum absolute atomic E-state index is 0.0408. The van der Waals surface area contributed by atoms with E-state index >= 15 is 0 Å². The highest BCUT2D eigenvalue weighted by Crippen LogP contribution is 2.25. The summed E-state index contributed by atoms with van der Waals surface area (Å²) in [4.78, 5) is 61.1. The summed E-state index contributed by atoms with van der Waals surface area (Å²) in [6.07, 6.45) is 7.75. The Morgan fingerprint density at radius 3 is 2.43 bits per heavy atom. The lowest BCUT2D eigenvalue weighted by atomic mass is 9.85. The van der Waals surface area contributed by atoms with Crippen LogP contribution in [0.25, 0.3) is 0 Å². The third-order valence-corrected chi connectivity index (χ3v) is 9.70. The maximum absolute atomic E-state index is 12.7. The largest absolute Gasteiger partial charge is 0.370 e. The topological polar surface area (TPSA) is 172 Å². The molecule has 0 bridgehead atoms. The summed E-state index contributed by atoms with van der Waals surface area (Å²) in [6.45, 7) is 8.86. The van der Waals surface area contributed by atoms with Crippen LogP contribution in [0.5, 0.6) is 0 Å². The van der Waals surface area contributed by atoms with Crippen LogP contribution in [0, 0.1) is 5.92 Å². The number of amides is 3. The Morgan fingerprint density at radius 1 is 0.977 bits per heavy atom. The highest BCUT2D eigenvalue weighted by Gasteiger charge is 2.29. The molecule has 3 amide bonds. The molecule has 1 aliphatic carbocycles. The van der Waals surface area contributed by atoms with Gasteiger partial charge in [0.15, 0.2) is 11.6 Å². The molecule has 2 fully saturated rings. The van der Waals surface area contributed by atoms with Crippen LogP contribution in [0.15, 0.2) is 11.4 Å². The normalized spacial score (nSPS) is 20.7. The van der Waals surface area contributed by atoms with Gasteiger partial charge in [-0.25, -0.2) is 0 Å². The van der Waals surface area contributed by atoms with Crippen molar-refractivity contribution in [2.24, 2.45) is 11.7 Å². The van der Waals surface area contributed by atoms with E-state index in [4.69, 9.17) is 5.73 Å². The SMILES string of the molecule is CCS[C@@H](CCCCC(=O)NCCCCC(NC(=O)CC1CCC(=O)C(=O)C1)C(=O)NCCCN)C1CN/C(=C(\C)CC)N1. The second-order valence-electron chi connectivity index (χ2n) is 11.9. The molecule has 0 spiro atoms. The van der Waals surface area contributed by atoms with Gasteiger partial charge in [0.05, 0.1) is 11.9 Å². The van der Waals surface area contributed by atoms with Gasteiger partial charge in [-0.15, -0.1) is 0 Å². The third-order valence-electron chi connectivity index (χ3n) is 8.37. The lowest BCUT2D eigenvalue weighted by Crippen LogP contribution is -2.47. The monoisotopic (exact) mass is 636 g/mol. The molecule has 0 aromatic rings. The van der Waals surface area contributed by atoms with E-state index in [1.165, 1.54) is 11.4 Å². The average molecular weight is 637 g/mol. The number of carbonyl (C=O) groups excluding carboxylic acids is 5. The van der Waals surface area contributed by atoms with Crippen LogP contribution >= 0.6 is 11.8 Å². The van der Waals surface area contributed by atoms with Crippen LogP contribution in [0.3, 0.4) is 0 Å². The molecule has 11 nitrogen and oxygen atoms in total. The summed E-state index contributed by atoms with van der Waals surface area (Å²) in [6, 6.07) is -0.295. The maximum atomic E-state index is 12.7. The van der Waals surface area contributed by atoms with E-state index in [2.05, 4.69) is 47.4 Å². The number of nitrogens with two attached hydrogens (primary N) is 1. The van der Waals surface area contributed by atoms with E-state index in [1.807, 2.05) is 11.8 Å². The van der Waals surface area contributed by atoms with Crippen LogP contribution in [-0.2, 0) is 24.0 Å². The van der Waals surface area contributed by atoms with Crippen molar-refractivity contribution in [1.82, 2.24) is 26.6 Å². The van der Waals surface area contributed by atoms with Gasteiger partial charge in [-0.1, -0.05) is 20.3 Å². The van der Waals surface area contributed by atoms with Gasteiger partial charge in [0.25, 0.3) is 0 Å². The number of carbonyl (C=O) groups is 5. The molecule has 0 radical (unpaired) electrons. The van der Waals surface area contributed by atoms with Crippen LogP contribution in [0.1, 0.15) is 104 Å². The third kappa shape index (κ3) is 14.0. The number of thioether (sulfide) groups is 1. The van der Waals surface area contributed by atoms with Gasteiger partial charge in [0, 0.05) is 50.6 Å². The number of nitrogens with one attached hydrogen (secondary N) is 5. The van der Waals surface area contributed by atoms with E-state index in [9.17, 15) is 24.0 Å². The van der Waals surface area contributed by atoms with E-state index in [1.54, 1.807) is 0 Å². The Morgan fingerprint density at radius 2 is 1.73 bits per heavy atom. The lowest BCUT2D eigenvalue weighted by Gasteiger charge is -2.22. The highest BCUT2D eigenvalue weighted by atomic mass is 32.2. The highest BCUT2D eigenvalue weighted by molar-refractivity contribution is 7.99. The first-order chi connectivity index (χ1) is 21.2. The molecule has 1 aliphatic heterocycles. The van der Waals surface area contributed by atoms with E-state index in [0.717, 1.165) is 38.0 Å². The number of rotatable bonds is 21. The zero-order chi connectivity index (χ0) is 32.3. The molecule has 0 aromatic carbocycles. The van der Waals surface area contributed by atoms with Gasteiger partial charge in [0.2, 0.25) is 17.7 Å². The number of allylic oxidation sites excluding steroid dienone is 1. The first kappa shape index (κ1) is 37.6. The first-order valence-electron chi connectivity index (χ1n) is 16.6. The van der Waals surface area contributed by atoms with E-state index < -0.39 is 11.8 Å². The van der Waals surface area contributed by atoms with Gasteiger partial charge in [-0.05, 0) is 82.1 Å². The summed E-state index contributed by atoms with van der Waals surface area (Å²) < 4.78 is 0. The molecule has 250 valence electrons. The standard InChI is InChI=1S/C32H56N6O5S/c1-4-22(3)31-36-21-25(38-31)28(44-5-2)12-6-7-13-29(41)34-17-9-8-11-24(32(43)35-18-10-16-33)37-30(42)20-23-14-15-26(39)27(40)19-23/h23-25,28,36,38H,4-21,33H2,1-3H3,(H,34,41)(H,35,43)(H,37,42)/b31-22-/t23?,24?,25?,28-/m0/s1. The van der Waals surface area contributed by atoms with Gasteiger partial charge in [-0.3, -0.25) is 24.0 Å². The molecule has 12 heteroatoms. The Bertz CT molecular complexity index is 990. The van der Waals surface area contributed by atoms with Gasteiger partial charge >= 0.3 is 0 Å². The summed E-state index contributed by atoms with van der Waals surface area (Å²) in [5.41, 5.74) is 6.88. The van der Waals surface area contributed by atoms with Gasteiger partial charge in [0.1, 0.15) is 6.04 Å². The zero-order valence-electron chi connectivity index (χ0n) is 27.1. The average Bonchev–Trinajstić information content (AvgIpc) is 3.50. The van der Waals surface area contributed by atoms with Crippen LogP contribution in [-0.4, -0.2) is 78.6 Å². The molecule has 1 saturated carbocycles. The number of Topliss-reactive ketones (excluding diaryl/α,β-unsaturated/α-hetero) is 2. The van der Waals surface area contributed by atoms with Crippen molar-refractivity contribution < 1.29 is 24.0 Å². The molecule has 4 atom stereocenters. The number of unbranched alkanes of at least 4 members (excludes halogenated alkanes) is 2. The summed E-state index contributed by atoms with van der Waals surface area (Å²) in [5.74, 6) is 0.768. The predicted molar refractivity (Wildman–Crippen MR) is 176 cm³/mol. The molecular formula is C32H56N6O5S. The Balaban J connectivity index is 1.68. The maximum Gasteiger partial charge on any atom is 0.242 e. The molecule has 3 unspecified atom stereocenters. The summed E-state index contributed by atoms with van der Waals surface area (Å²) >= 11 is 1.98. The van der Waals surface area contributed by atoms with Crippen molar-refractivity contribution in [3.8, 4) is 0 Å². The molecule has 2 aliphatic rings. The smallest absolute Gasteiger partial charge is 0.242 e. The fourth-order valence-corrected chi connectivity index (χ4v) is 6.72. The number of hydrogen-bond acceptors (Lipinski definition) is 9. The molecular weight excluding hydrogens is 580 g/mol. The summed E-state index contributed by atoms with van der Waals surface area (Å²) in [5, 5.41) is 16.3. The zero-order valence-corrected chi connectivity index (χ0v) is 27.9. The van der Waals surface area contributed by atoms with Crippen LogP contribution < -0.4 is 32.3 Å². The second kappa shape index (κ2) is 21.2. The van der Waals surface area contributed by atoms with Gasteiger partial charge in [-0.2, -0.15) is 11.8 Å². The Kier molecular flexibility index (Phi) is 18.1. The molecule has 1 heterocycles. The Hall–Kier alpha value is -2.60. The van der Waals surface area contributed by atoms with Crippen molar-refractivity contribution >= 4 is 41.0 Å². The Labute approximate surface area is 267 Å². The predicted octanol–water partition coefficient (Wildman–Crippen LogP) is 2.44. The quantitative estimate of drug-likeness (QED) is 0.0818. The van der Waals surface area contributed by atoms with Crippen molar-refractivity contribution in [3.63, 3.8) is 0 Å². The molecule has 44 heavy (non-hydrogen) atoms. The van der Waals surface area contributed by atoms with Crippen LogP contribution in [0.2, 0.25) is 0 Å². The van der Waals surface area contributed by atoms with Crippen LogP contribution in [0.4, 0.5) is 0 Å². The molecule has 7 N–H and O–H groups in total. The van der Waals surface area contributed by atoms with Crippen molar-refractivity contribution in [3.05, 3.63) is 11.4 Å². The van der Waals surface area contributed by atoms with Crippen molar-refractivity contribution in [2.45, 2.75) is 122 Å². The minimum atomic E-state index is -0.701. The number of ketones is 2. The minimum Gasteiger partial charge on any atom is -0.370 e. The van der Waals surface area contributed by atoms with Gasteiger partial charge < -0.3 is 32.3 Å². The second-order valence-corrected chi connectivity index (χ2v) is 13.5. The van der Waals surface area contributed by atoms with E-state index in [0.29, 0.717) is 69.5 Å². The molecule has 2 rings (SSSR count). The fraction of sp³-hybridized carbons (Fsp3) is 0.781. The van der Waals surface area contributed by atoms with E-state index in [-0.39, 0.29) is 48.7 Å². The number of hydrogen-bond donors (Lipinski definition) is 6. The van der Waals surface area contributed by atoms with Crippen molar-refractivity contribution in [2.75, 3.05) is 31.9 Å². The molecule has 0 aromatic heterocycles. The fourth-order valence-electron chi connectivity index (χ4n) is 5.56. The lowest BCUT2D eigenvalue weighted by molar-refractivity contribution is -0.139. The summed E-state index contributed by atoms with van der Waals surface area (Å²) in [7, 11) is 0.